The third-order valence-corrected chi connectivity index (χ3v) is 5.97. The molecule has 1 fully saturated rings. The summed E-state index contributed by atoms with van der Waals surface area (Å²) in [5.74, 6) is 1.29. The van der Waals surface area contributed by atoms with E-state index in [0.717, 1.165) is 44.9 Å². The van der Waals surface area contributed by atoms with Crippen molar-refractivity contribution in [3.8, 4) is 0 Å². The Morgan fingerprint density at radius 1 is 1.13 bits per heavy atom. The van der Waals surface area contributed by atoms with Crippen molar-refractivity contribution in [1.29, 1.82) is 0 Å². The second kappa shape index (κ2) is 9.81. The molecule has 0 aliphatic carbocycles. The van der Waals surface area contributed by atoms with Gasteiger partial charge >= 0.3 is 0 Å². The number of ether oxygens (including phenoxy) is 1. The summed E-state index contributed by atoms with van der Waals surface area (Å²) in [5.41, 5.74) is 5.07. The molecular weight excluding hydrogens is 372 g/mol. The van der Waals surface area contributed by atoms with Gasteiger partial charge in [0.05, 0.1) is 6.10 Å². The Kier molecular flexibility index (Phi) is 6.70. The summed E-state index contributed by atoms with van der Waals surface area (Å²) in [6, 6.07) is 17.2. The van der Waals surface area contributed by atoms with Crippen molar-refractivity contribution in [3.63, 3.8) is 0 Å². The minimum Gasteiger partial charge on any atom is -0.373 e. The Labute approximate surface area is 178 Å². The second-order valence-corrected chi connectivity index (χ2v) is 8.09. The molecule has 2 aromatic carbocycles. The van der Waals surface area contributed by atoms with Crippen LogP contribution in [-0.2, 0) is 11.2 Å². The molecule has 1 aliphatic rings. The summed E-state index contributed by atoms with van der Waals surface area (Å²) in [6.07, 6.45) is 5.48. The molecule has 2 heterocycles. The number of benzene rings is 2. The molecule has 1 aliphatic heterocycles. The van der Waals surface area contributed by atoms with Crippen molar-refractivity contribution in [2.75, 3.05) is 26.7 Å². The lowest BCUT2D eigenvalue weighted by Crippen LogP contribution is -2.42. The molecule has 3 aromatic rings. The van der Waals surface area contributed by atoms with E-state index in [0.29, 0.717) is 5.92 Å². The van der Waals surface area contributed by atoms with Crippen LogP contribution < -0.4 is 10.6 Å². The first-order valence-electron chi connectivity index (χ1n) is 10.9. The van der Waals surface area contributed by atoms with Crippen LogP contribution in [0.15, 0.2) is 59.7 Å². The highest BCUT2D eigenvalue weighted by atomic mass is 16.5. The summed E-state index contributed by atoms with van der Waals surface area (Å²) < 4.78 is 6.15. The van der Waals surface area contributed by atoms with Crippen molar-refractivity contribution in [3.05, 3.63) is 71.4 Å². The fourth-order valence-electron chi connectivity index (χ4n) is 4.28. The van der Waals surface area contributed by atoms with Gasteiger partial charge in [-0.3, -0.25) is 4.99 Å². The molecule has 158 valence electrons. The van der Waals surface area contributed by atoms with E-state index < -0.39 is 0 Å². The summed E-state index contributed by atoms with van der Waals surface area (Å²) in [6.45, 7) is 4.65. The van der Waals surface area contributed by atoms with Gasteiger partial charge in [0.1, 0.15) is 0 Å². The fourth-order valence-corrected chi connectivity index (χ4v) is 4.28. The minimum absolute atomic E-state index is 0.149. The minimum atomic E-state index is 0.149. The van der Waals surface area contributed by atoms with Crippen molar-refractivity contribution >= 4 is 16.9 Å². The average molecular weight is 405 g/mol. The molecule has 5 nitrogen and oxygen atoms in total. The number of aryl methyl sites for hydroxylation is 1. The highest BCUT2D eigenvalue weighted by molar-refractivity contribution is 5.83. The van der Waals surface area contributed by atoms with E-state index in [9.17, 15) is 0 Å². The number of hydrogen-bond donors (Lipinski definition) is 3. The molecule has 30 heavy (non-hydrogen) atoms. The molecular formula is C25H32N4O. The van der Waals surface area contributed by atoms with Gasteiger partial charge in [0.2, 0.25) is 0 Å². The molecule has 2 atom stereocenters. The Hall–Kier alpha value is -2.79. The van der Waals surface area contributed by atoms with Crippen LogP contribution in [0.3, 0.4) is 0 Å². The molecule has 4 rings (SSSR count). The van der Waals surface area contributed by atoms with Crippen molar-refractivity contribution in [1.82, 2.24) is 15.6 Å². The zero-order valence-electron chi connectivity index (χ0n) is 17.9. The van der Waals surface area contributed by atoms with Gasteiger partial charge in [-0.05, 0) is 43.4 Å². The maximum Gasteiger partial charge on any atom is 0.190 e. The SMILES string of the molecule is CN=C(NCCc1c[nH]c2ccccc12)NCC1CCCOC1c1ccc(C)cc1. The quantitative estimate of drug-likeness (QED) is 0.423. The van der Waals surface area contributed by atoms with Gasteiger partial charge in [-0.1, -0.05) is 48.0 Å². The largest absolute Gasteiger partial charge is 0.373 e. The lowest BCUT2D eigenvalue weighted by atomic mass is 9.89. The monoisotopic (exact) mass is 404 g/mol. The number of hydrogen-bond acceptors (Lipinski definition) is 2. The first-order chi connectivity index (χ1) is 14.7. The van der Waals surface area contributed by atoms with Crippen molar-refractivity contribution in [2.24, 2.45) is 10.9 Å². The van der Waals surface area contributed by atoms with E-state index >= 15 is 0 Å². The zero-order chi connectivity index (χ0) is 20.8. The molecule has 5 heteroatoms. The van der Waals surface area contributed by atoms with E-state index in [4.69, 9.17) is 4.74 Å². The molecule has 0 bridgehead atoms. The summed E-state index contributed by atoms with van der Waals surface area (Å²) in [5, 5.41) is 8.27. The maximum atomic E-state index is 6.15. The highest BCUT2D eigenvalue weighted by Gasteiger charge is 2.27. The molecule has 2 unspecified atom stereocenters. The number of guanidine groups is 1. The topological polar surface area (TPSA) is 61.4 Å². The van der Waals surface area contributed by atoms with Gasteiger partial charge in [0, 0.05) is 49.8 Å². The van der Waals surface area contributed by atoms with Gasteiger partial charge in [0.15, 0.2) is 5.96 Å². The smallest absolute Gasteiger partial charge is 0.190 e. The van der Waals surface area contributed by atoms with Crippen LogP contribution in [0.25, 0.3) is 10.9 Å². The molecule has 0 amide bonds. The number of H-pyrrole nitrogens is 1. The van der Waals surface area contributed by atoms with Crippen LogP contribution in [0.2, 0.25) is 0 Å². The van der Waals surface area contributed by atoms with Gasteiger partial charge < -0.3 is 20.4 Å². The van der Waals surface area contributed by atoms with E-state index in [-0.39, 0.29) is 6.10 Å². The number of aromatic nitrogens is 1. The van der Waals surface area contributed by atoms with E-state index in [2.05, 4.69) is 82.3 Å². The van der Waals surface area contributed by atoms with Crippen LogP contribution in [0.4, 0.5) is 0 Å². The van der Waals surface area contributed by atoms with Crippen LogP contribution in [-0.4, -0.2) is 37.7 Å². The van der Waals surface area contributed by atoms with Crippen LogP contribution in [0.5, 0.6) is 0 Å². The van der Waals surface area contributed by atoms with Crippen LogP contribution in [0.1, 0.15) is 35.6 Å². The van der Waals surface area contributed by atoms with Crippen LogP contribution in [0, 0.1) is 12.8 Å². The Morgan fingerprint density at radius 2 is 1.97 bits per heavy atom. The van der Waals surface area contributed by atoms with E-state index in [1.807, 2.05) is 7.05 Å². The first-order valence-corrected chi connectivity index (χ1v) is 10.9. The van der Waals surface area contributed by atoms with Crippen LogP contribution >= 0.6 is 0 Å². The number of nitrogens with one attached hydrogen (secondary N) is 3. The summed E-state index contributed by atoms with van der Waals surface area (Å²) in [7, 11) is 1.83. The third-order valence-electron chi connectivity index (χ3n) is 5.97. The number of aromatic amines is 1. The second-order valence-electron chi connectivity index (χ2n) is 8.09. The normalized spacial score (nSPS) is 19.7. The van der Waals surface area contributed by atoms with Crippen molar-refractivity contribution < 1.29 is 4.74 Å². The van der Waals surface area contributed by atoms with E-state index in [1.165, 1.54) is 27.6 Å². The first kappa shape index (κ1) is 20.5. The molecule has 1 aromatic heterocycles. The molecule has 1 saturated heterocycles. The van der Waals surface area contributed by atoms with E-state index in [1.54, 1.807) is 0 Å². The standard InChI is InChI=1S/C25H32N4O/c1-18-9-11-19(12-10-18)24-21(6-5-15-30-24)17-29-25(26-2)27-14-13-20-16-28-23-8-4-3-7-22(20)23/h3-4,7-12,16,21,24,28H,5-6,13-15,17H2,1-2H3,(H2,26,27,29). The number of fused-ring (bicyclic) bond motifs is 1. The number of aliphatic imine (C=N–C) groups is 1. The zero-order valence-corrected chi connectivity index (χ0v) is 17.9. The highest BCUT2D eigenvalue weighted by Crippen LogP contribution is 2.33. The fraction of sp³-hybridized carbons (Fsp3) is 0.400. The Morgan fingerprint density at radius 3 is 2.80 bits per heavy atom. The van der Waals surface area contributed by atoms with Gasteiger partial charge in [-0.25, -0.2) is 0 Å². The predicted octanol–water partition coefficient (Wildman–Crippen LogP) is 4.35. The Balaban J connectivity index is 1.30. The molecule has 0 radical (unpaired) electrons. The molecule has 0 spiro atoms. The Bertz CT molecular complexity index is 976. The third kappa shape index (κ3) is 4.85. The number of rotatable bonds is 6. The summed E-state index contributed by atoms with van der Waals surface area (Å²) in [4.78, 5) is 7.75. The lowest BCUT2D eigenvalue weighted by molar-refractivity contribution is -0.0265. The number of nitrogens with zero attached hydrogens (tertiary/aromatic N) is 1. The molecule has 0 saturated carbocycles. The van der Waals surface area contributed by atoms with Gasteiger partial charge in [-0.2, -0.15) is 0 Å². The maximum absolute atomic E-state index is 6.15. The predicted molar refractivity (Wildman–Crippen MR) is 124 cm³/mol. The molecule has 3 N–H and O–H groups in total. The van der Waals surface area contributed by atoms with Gasteiger partial charge in [0.25, 0.3) is 0 Å². The summed E-state index contributed by atoms with van der Waals surface area (Å²) >= 11 is 0. The number of para-hydroxylation sites is 1. The lowest BCUT2D eigenvalue weighted by Gasteiger charge is -2.32. The average Bonchev–Trinajstić information content (AvgIpc) is 3.20. The van der Waals surface area contributed by atoms with Gasteiger partial charge in [-0.15, -0.1) is 0 Å². The van der Waals surface area contributed by atoms with Crippen molar-refractivity contribution in [2.45, 2.75) is 32.3 Å².